The summed E-state index contributed by atoms with van der Waals surface area (Å²) in [5.41, 5.74) is 1.99. The molecule has 0 unspecified atom stereocenters. The van der Waals surface area contributed by atoms with E-state index in [0.29, 0.717) is 24.3 Å². The fraction of sp³-hybridized carbons (Fsp3) is 0.400. The molecule has 0 aliphatic heterocycles. The van der Waals surface area contributed by atoms with Crippen LogP contribution >= 0.6 is 11.8 Å². The molecule has 0 saturated carbocycles. The van der Waals surface area contributed by atoms with Gasteiger partial charge in [-0.15, -0.1) is 10.2 Å². The molecule has 0 spiro atoms. The van der Waals surface area contributed by atoms with Gasteiger partial charge in [0.25, 0.3) is 5.22 Å². The van der Waals surface area contributed by atoms with Gasteiger partial charge in [-0.25, -0.2) is 0 Å². The van der Waals surface area contributed by atoms with Crippen molar-refractivity contribution < 1.29 is 13.9 Å². The summed E-state index contributed by atoms with van der Waals surface area (Å²) in [6.45, 7) is 4.77. The lowest BCUT2D eigenvalue weighted by atomic mass is 10.1. The Morgan fingerprint density at radius 2 is 2.27 bits per heavy atom. The largest absolute Gasteiger partial charge is 0.411 e. The predicted molar refractivity (Wildman–Crippen MR) is 84.7 cm³/mol. The first-order chi connectivity index (χ1) is 10.6. The van der Waals surface area contributed by atoms with E-state index in [4.69, 9.17) is 9.15 Å². The average Bonchev–Trinajstić information content (AvgIpc) is 2.96. The highest BCUT2D eigenvalue weighted by atomic mass is 32.2. The maximum absolute atomic E-state index is 11.9. The van der Waals surface area contributed by atoms with Gasteiger partial charge in [0.15, 0.2) is 0 Å². The molecule has 2 rings (SSSR count). The van der Waals surface area contributed by atoms with Crippen LogP contribution in [0.15, 0.2) is 33.9 Å². The normalized spacial score (nSPS) is 12.1. The second-order valence-electron chi connectivity index (χ2n) is 4.79. The first-order valence-electron chi connectivity index (χ1n) is 6.94. The first kappa shape index (κ1) is 16.5. The lowest BCUT2D eigenvalue weighted by Crippen LogP contribution is -2.33. The molecule has 1 atom stereocenters. The van der Waals surface area contributed by atoms with Gasteiger partial charge >= 0.3 is 0 Å². The smallest absolute Gasteiger partial charge is 0.277 e. The van der Waals surface area contributed by atoms with Gasteiger partial charge in [-0.1, -0.05) is 29.5 Å². The van der Waals surface area contributed by atoms with E-state index < -0.39 is 0 Å². The molecular weight excluding hydrogens is 302 g/mol. The van der Waals surface area contributed by atoms with Gasteiger partial charge in [0.2, 0.25) is 11.8 Å². The van der Waals surface area contributed by atoms with Crippen LogP contribution in [-0.2, 0) is 9.53 Å². The van der Waals surface area contributed by atoms with E-state index in [9.17, 15) is 4.79 Å². The van der Waals surface area contributed by atoms with E-state index in [1.807, 2.05) is 31.2 Å². The van der Waals surface area contributed by atoms with Gasteiger partial charge < -0.3 is 14.5 Å². The number of benzene rings is 1. The number of nitrogens with zero attached hydrogens (tertiary/aromatic N) is 2. The number of aromatic nitrogens is 2. The second-order valence-corrected chi connectivity index (χ2v) is 6.08. The van der Waals surface area contributed by atoms with Gasteiger partial charge in [-0.3, -0.25) is 4.79 Å². The highest BCUT2D eigenvalue weighted by Gasteiger charge is 2.18. The van der Waals surface area contributed by atoms with Crippen LogP contribution in [0.1, 0.15) is 12.5 Å². The summed E-state index contributed by atoms with van der Waals surface area (Å²) in [7, 11) is 1.59. The molecule has 1 heterocycles. The van der Waals surface area contributed by atoms with E-state index in [0.717, 1.165) is 11.1 Å². The molecule has 1 N–H and O–H groups in total. The molecule has 2 aromatic rings. The molecule has 0 radical (unpaired) electrons. The zero-order valence-electron chi connectivity index (χ0n) is 12.8. The van der Waals surface area contributed by atoms with Crippen LogP contribution in [0.2, 0.25) is 0 Å². The van der Waals surface area contributed by atoms with Gasteiger partial charge in [0.05, 0.1) is 11.9 Å². The van der Waals surface area contributed by atoms with E-state index >= 15 is 0 Å². The van der Waals surface area contributed by atoms with Crippen LogP contribution in [-0.4, -0.2) is 41.6 Å². The number of aryl methyl sites for hydroxylation is 1. The fourth-order valence-electron chi connectivity index (χ4n) is 1.78. The molecule has 118 valence electrons. The number of hydrogen-bond acceptors (Lipinski definition) is 6. The van der Waals surface area contributed by atoms with Crippen LogP contribution in [0.25, 0.3) is 11.5 Å². The fourth-order valence-corrected chi connectivity index (χ4v) is 2.48. The predicted octanol–water partition coefficient (Wildman–Crippen LogP) is 2.29. The minimum Gasteiger partial charge on any atom is -0.411 e. The van der Waals surface area contributed by atoms with Crippen molar-refractivity contribution in [1.29, 1.82) is 0 Å². The Balaban J connectivity index is 1.95. The minimum absolute atomic E-state index is 0.0858. The number of rotatable bonds is 7. The summed E-state index contributed by atoms with van der Waals surface area (Å²) in [6.07, 6.45) is 0. The highest BCUT2D eigenvalue weighted by molar-refractivity contribution is 8.00. The SMILES string of the molecule is COCCNC(=O)[C@@H](C)Sc1nnc(-c2cccc(C)c2)o1. The molecule has 0 aliphatic rings. The van der Waals surface area contributed by atoms with Crippen LogP contribution < -0.4 is 5.32 Å². The standard InChI is InChI=1S/C15H19N3O3S/c1-10-5-4-6-12(9-10)14-17-18-15(21-14)22-11(2)13(19)16-7-8-20-3/h4-6,9,11H,7-8H2,1-3H3,(H,16,19)/t11-/m1/s1. The third kappa shape index (κ3) is 4.57. The number of nitrogens with one attached hydrogen (secondary N) is 1. The lowest BCUT2D eigenvalue weighted by molar-refractivity contribution is -0.120. The molecule has 0 aliphatic carbocycles. The van der Waals surface area contributed by atoms with Crippen molar-refractivity contribution in [2.45, 2.75) is 24.3 Å². The molecule has 1 aromatic carbocycles. The Kier molecular flexibility index (Phi) is 5.97. The second kappa shape index (κ2) is 7.95. The highest BCUT2D eigenvalue weighted by Crippen LogP contribution is 2.26. The summed E-state index contributed by atoms with van der Waals surface area (Å²) in [4.78, 5) is 11.9. The number of ether oxygens (including phenoxy) is 1. The minimum atomic E-state index is -0.317. The van der Waals surface area contributed by atoms with E-state index in [1.165, 1.54) is 11.8 Å². The zero-order valence-corrected chi connectivity index (χ0v) is 13.6. The van der Waals surface area contributed by atoms with Crippen LogP contribution in [0.5, 0.6) is 0 Å². The number of carbonyl (C=O) groups is 1. The van der Waals surface area contributed by atoms with Crippen molar-refractivity contribution >= 4 is 17.7 Å². The summed E-state index contributed by atoms with van der Waals surface area (Å²) in [6, 6.07) is 7.83. The number of hydrogen-bond donors (Lipinski definition) is 1. The molecule has 1 aromatic heterocycles. The number of thioether (sulfide) groups is 1. The van der Waals surface area contributed by atoms with Crippen LogP contribution in [0.3, 0.4) is 0 Å². The Labute approximate surface area is 133 Å². The molecule has 1 amide bonds. The van der Waals surface area contributed by atoms with Crippen LogP contribution in [0, 0.1) is 6.92 Å². The molecule has 22 heavy (non-hydrogen) atoms. The van der Waals surface area contributed by atoms with Crippen molar-refractivity contribution in [3.8, 4) is 11.5 Å². The van der Waals surface area contributed by atoms with Crippen molar-refractivity contribution in [2.24, 2.45) is 0 Å². The van der Waals surface area contributed by atoms with Crippen molar-refractivity contribution in [3.05, 3.63) is 29.8 Å². The van der Waals surface area contributed by atoms with Crippen molar-refractivity contribution in [1.82, 2.24) is 15.5 Å². The maximum atomic E-state index is 11.9. The van der Waals surface area contributed by atoms with Gasteiger partial charge in [0, 0.05) is 19.2 Å². The van der Waals surface area contributed by atoms with Crippen molar-refractivity contribution in [3.63, 3.8) is 0 Å². The van der Waals surface area contributed by atoms with E-state index in [-0.39, 0.29) is 11.2 Å². The molecule has 6 nitrogen and oxygen atoms in total. The number of carbonyl (C=O) groups excluding carboxylic acids is 1. The van der Waals surface area contributed by atoms with E-state index in [1.54, 1.807) is 14.0 Å². The van der Waals surface area contributed by atoms with Gasteiger partial charge in [-0.05, 0) is 26.0 Å². The molecule has 7 heteroatoms. The Hall–Kier alpha value is -1.86. The first-order valence-corrected chi connectivity index (χ1v) is 7.82. The third-order valence-electron chi connectivity index (χ3n) is 2.92. The van der Waals surface area contributed by atoms with E-state index in [2.05, 4.69) is 15.5 Å². The van der Waals surface area contributed by atoms with Gasteiger partial charge in [0.1, 0.15) is 0 Å². The monoisotopic (exact) mass is 321 g/mol. The van der Waals surface area contributed by atoms with Crippen molar-refractivity contribution in [2.75, 3.05) is 20.3 Å². The summed E-state index contributed by atoms with van der Waals surface area (Å²) < 4.78 is 10.5. The number of methoxy groups -OCH3 is 1. The third-order valence-corrected chi connectivity index (χ3v) is 3.86. The summed E-state index contributed by atoms with van der Waals surface area (Å²) in [5, 5.41) is 10.8. The van der Waals surface area contributed by atoms with Gasteiger partial charge in [-0.2, -0.15) is 0 Å². The molecular formula is C15H19N3O3S. The van der Waals surface area contributed by atoms with Crippen LogP contribution in [0.4, 0.5) is 0 Å². The quantitative estimate of drug-likeness (QED) is 0.623. The summed E-state index contributed by atoms with van der Waals surface area (Å²) in [5.74, 6) is 0.371. The average molecular weight is 321 g/mol. The molecule has 0 fully saturated rings. The topological polar surface area (TPSA) is 77.2 Å². The Morgan fingerprint density at radius 3 is 3.00 bits per heavy atom. The Morgan fingerprint density at radius 1 is 1.45 bits per heavy atom. The zero-order chi connectivity index (χ0) is 15.9. The maximum Gasteiger partial charge on any atom is 0.277 e. The summed E-state index contributed by atoms with van der Waals surface area (Å²) >= 11 is 1.24. The number of amides is 1. The lowest BCUT2D eigenvalue weighted by Gasteiger charge is -2.08. The molecule has 0 bridgehead atoms. The molecule has 0 saturated heterocycles. The Bertz CT molecular complexity index is 630.